The smallest absolute Gasteiger partial charge is 0.182 e. The number of aromatic nitrogens is 1. The molecule has 0 saturated heterocycles. The van der Waals surface area contributed by atoms with Crippen molar-refractivity contribution in [3.63, 3.8) is 0 Å². The minimum atomic E-state index is 0.459. The van der Waals surface area contributed by atoms with Gasteiger partial charge in [-0.1, -0.05) is 13.8 Å². The van der Waals surface area contributed by atoms with Gasteiger partial charge in [-0.3, -0.25) is 0 Å². The van der Waals surface area contributed by atoms with Crippen LogP contribution in [0.5, 0.6) is 0 Å². The van der Waals surface area contributed by atoms with Crippen LogP contribution in [-0.2, 0) is 0 Å². The largest absolute Gasteiger partial charge is 0.358 e. The molecule has 1 aromatic heterocycles. The second kappa shape index (κ2) is 5.98. The highest BCUT2D eigenvalue weighted by Crippen LogP contribution is 2.11. The average Bonchev–Trinajstić information content (AvgIpc) is 2.66. The predicted molar refractivity (Wildman–Crippen MR) is 63.0 cm³/mol. The number of anilines is 1. The van der Waals surface area contributed by atoms with Crippen molar-refractivity contribution in [1.29, 1.82) is 0 Å². The van der Waals surface area contributed by atoms with Gasteiger partial charge in [-0.25, -0.2) is 4.98 Å². The van der Waals surface area contributed by atoms with E-state index in [1.165, 1.54) is 0 Å². The molecule has 0 aliphatic carbocycles. The Morgan fingerprint density at radius 3 is 2.71 bits per heavy atom. The van der Waals surface area contributed by atoms with E-state index < -0.39 is 0 Å². The summed E-state index contributed by atoms with van der Waals surface area (Å²) in [6, 6.07) is 0.459. The lowest BCUT2D eigenvalue weighted by Crippen LogP contribution is -2.34. The Bertz CT molecular complexity index is 232. The van der Waals surface area contributed by atoms with Gasteiger partial charge in [0.05, 0.1) is 0 Å². The molecule has 0 bridgehead atoms. The first-order chi connectivity index (χ1) is 6.76. The van der Waals surface area contributed by atoms with E-state index in [0.717, 1.165) is 24.8 Å². The molecule has 0 amide bonds. The summed E-state index contributed by atoms with van der Waals surface area (Å²) in [5.41, 5.74) is 0. The SMILES string of the molecule is CCN(CC)CC(C)Nc1nccs1. The van der Waals surface area contributed by atoms with E-state index in [0.29, 0.717) is 6.04 Å². The zero-order chi connectivity index (χ0) is 10.4. The molecule has 4 heteroatoms. The number of hydrogen-bond donors (Lipinski definition) is 1. The van der Waals surface area contributed by atoms with Gasteiger partial charge >= 0.3 is 0 Å². The van der Waals surface area contributed by atoms with Gasteiger partial charge in [0, 0.05) is 24.2 Å². The molecule has 1 unspecified atom stereocenters. The Balaban J connectivity index is 2.31. The van der Waals surface area contributed by atoms with Crippen LogP contribution in [0.25, 0.3) is 0 Å². The molecule has 3 nitrogen and oxygen atoms in total. The van der Waals surface area contributed by atoms with Gasteiger partial charge in [-0.15, -0.1) is 11.3 Å². The lowest BCUT2D eigenvalue weighted by atomic mass is 10.3. The first-order valence-electron chi connectivity index (χ1n) is 5.14. The predicted octanol–water partition coefficient (Wildman–Crippen LogP) is 2.29. The summed E-state index contributed by atoms with van der Waals surface area (Å²) in [4.78, 5) is 6.61. The molecule has 0 saturated carbocycles. The molecule has 80 valence electrons. The number of thiazole rings is 1. The highest BCUT2D eigenvalue weighted by Gasteiger charge is 2.07. The fourth-order valence-corrected chi connectivity index (χ4v) is 2.06. The summed E-state index contributed by atoms with van der Waals surface area (Å²) in [7, 11) is 0. The number of likely N-dealkylation sites (N-methyl/N-ethyl adjacent to an activating group) is 1. The van der Waals surface area contributed by atoms with Crippen molar-refractivity contribution < 1.29 is 0 Å². The lowest BCUT2D eigenvalue weighted by molar-refractivity contribution is 0.295. The third-order valence-corrected chi connectivity index (χ3v) is 2.93. The maximum atomic E-state index is 4.20. The van der Waals surface area contributed by atoms with E-state index in [1.807, 2.05) is 11.6 Å². The lowest BCUT2D eigenvalue weighted by Gasteiger charge is -2.23. The number of nitrogens with one attached hydrogen (secondary N) is 1. The molecule has 1 atom stereocenters. The molecule has 0 aromatic carbocycles. The zero-order valence-electron chi connectivity index (χ0n) is 9.16. The van der Waals surface area contributed by atoms with Crippen LogP contribution in [0.4, 0.5) is 5.13 Å². The number of hydrogen-bond acceptors (Lipinski definition) is 4. The Morgan fingerprint density at radius 2 is 2.21 bits per heavy atom. The zero-order valence-corrected chi connectivity index (χ0v) is 9.97. The van der Waals surface area contributed by atoms with Gasteiger partial charge in [0.25, 0.3) is 0 Å². The maximum Gasteiger partial charge on any atom is 0.182 e. The summed E-state index contributed by atoms with van der Waals surface area (Å²) < 4.78 is 0. The van der Waals surface area contributed by atoms with Crippen LogP contribution < -0.4 is 5.32 Å². The van der Waals surface area contributed by atoms with Crippen LogP contribution in [0.3, 0.4) is 0 Å². The Morgan fingerprint density at radius 1 is 1.50 bits per heavy atom. The highest BCUT2D eigenvalue weighted by atomic mass is 32.1. The summed E-state index contributed by atoms with van der Waals surface area (Å²) >= 11 is 1.65. The molecule has 1 heterocycles. The molecule has 0 aliphatic heterocycles. The summed E-state index contributed by atoms with van der Waals surface area (Å²) in [6.07, 6.45) is 1.83. The molecule has 0 spiro atoms. The first kappa shape index (κ1) is 11.5. The van der Waals surface area contributed by atoms with Gasteiger partial charge in [0.1, 0.15) is 0 Å². The monoisotopic (exact) mass is 213 g/mol. The first-order valence-corrected chi connectivity index (χ1v) is 6.02. The van der Waals surface area contributed by atoms with Gasteiger partial charge in [0.15, 0.2) is 5.13 Å². The molecule has 1 rings (SSSR count). The van der Waals surface area contributed by atoms with Crippen molar-refractivity contribution in [3.05, 3.63) is 11.6 Å². The van der Waals surface area contributed by atoms with E-state index in [1.54, 1.807) is 11.3 Å². The molecule has 1 N–H and O–H groups in total. The third kappa shape index (κ3) is 3.64. The Labute approximate surface area is 90.2 Å². The minimum absolute atomic E-state index is 0.459. The quantitative estimate of drug-likeness (QED) is 0.786. The van der Waals surface area contributed by atoms with Gasteiger partial charge < -0.3 is 10.2 Å². The Kier molecular flexibility index (Phi) is 4.90. The molecular weight excluding hydrogens is 194 g/mol. The fourth-order valence-electron chi connectivity index (χ4n) is 1.42. The van der Waals surface area contributed by atoms with E-state index in [4.69, 9.17) is 0 Å². The molecule has 0 fully saturated rings. The molecule has 1 aromatic rings. The van der Waals surface area contributed by atoms with E-state index in [2.05, 4.69) is 36.0 Å². The second-order valence-electron chi connectivity index (χ2n) is 3.37. The second-order valence-corrected chi connectivity index (χ2v) is 4.26. The van der Waals surface area contributed by atoms with Gasteiger partial charge in [-0.05, 0) is 20.0 Å². The van der Waals surface area contributed by atoms with Crippen LogP contribution in [0.1, 0.15) is 20.8 Å². The third-order valence-electron chi connectivity index (χ3n) is 2.23. The van der Waals surface area contributed by atoms with E-state index in [9.17, 15) is 0 Å². The van der Waals surface area contributed by atoms with Gasteiger partial charge in [-0.2, -0.15) is 0 Å². The standard InChI is InChI=1S/C10H19N3S/c1-4-13(5-2)8-9(3)12-10-11-6-7-14-10/h6-7,9H,4-5,8H2,1-3H3,(H,11,12). The minimum Gasteiger partial charge on any atom is -0.358 e. The normalized spacial score (nSPS) is 13.1. The topological polar surface area (TPSA) is 28.2 Å². The summed E-state index contributed by atoms with van der Waals surface area (Å²) in [6.45, 7) is 9.88. The van der Waals surface area contributed by atoms with Crippen molar-refractivity contribution in [2.75, 3.05) is 25.0 Å². The summed E-state index contributed by atoms with van der Waals surface area (Å²) in [5.74, 6) is 0. The molecule has 14 heavy (non-hydrogen) atoms. The van der Waals surface area contributed by atoms with Crippen molar-refractivity contribution in [2.45, 2.75) is 26.8 Å². The van der Waals surface area contributed by atoms with E-state index >= 15 is 0 Å². The average molecular weight is 213 g/mol. The Hall–Kier alpha value is -0.610. The molecule has 0 radical (unpaired) electrons. The van der Waals surface area contributed by atoms with Crippen molar-refractivity contribution in [3.8, 4) is 0 Å². The van der Waals surface area contributed by atoms with Crippen molar-refractivity contribution in [2.24, 2.45) is 0 Å². The van der Waals surface area contributed by atoms with E-state index in [-0.39, 0.29) is 0 Å². The van der Waals surface area contributed by atoms with Crippen LogP contribution in [0, 0.1) is 0 Å². The van der Waals surface area contributed by atoms with Crippen LogP contribution in [-0.4, -0.2) is 35.6 Å². The van der Waals surface area contributed by atoms with Crippen molar-refractivity contribution >= 4 is 16.5 Å². The number of nitrogens with zero attached hydrogens (tertiary/aromatic N) is 2. The highest BCUT2D eigenvalue weighted by molar-refractivity contribution is 7.13. The maximum absolute atomic E-state index is 4.20. The fraction of sp³-hybridized carbons (Fsp3) is 0.700. The van der Waals surface area contributed by atoms with Gasteiger partial charge in [0.2, 0.25) is 0 Å². The number of rotatable bonds is 6. The van der Waals surface area contributed by atoms with Crippen LogP contribution >= 0.6 is 11.3 Å². The van der Waals surface area contributed by atoms with Crippen LogP contribution in [0.15, 0.2) is 11.6 Å². The van der Waals surface area contributed by atoms with Crippen LogP contribution in [0.2, 0.25) is 0 Å². The molecular formula is C10H19N3S. The molecule has 0 aliphatic rings. The van der Waals surface area contributed by atoms with Crippen molar-refractivity contribution in [1.82, 2.24) is 9.88 Å². The summed E-state index contributed by atoms with van der Waals surface area (Å²) in [5, 5.41) is 6.40.